The first-order valence-corrected chi connectivity index (χ1v) is 10.2. The van der Waals surface area contributed by atoms with Gasteiger partial charge in [0.2, 0.25) is 0 Å². The molecule has 0 fully saturated rings. The molecular weight excluding hydrogens is 460 g/mol. The number of carbonyl (C=O) groups is 1. The lowest BCUT2D eigenvalue weighted by atomic mass is 10.1. The van der Waals surface area contributed by atoms with E-state index in [0.717, 1.165) is 12.1 Å². The Kier molecular flexibility index (Phi) is 6.90. The monoisotopic (exact) mass is 474 g/mol. The second-order valence-electron chi connectivity index (χ2n) is 6.30. The fourth-order valence-electron chi connectivity index (χ4n) is 2.54. The van der Waals surface area contributed by atoms with Gasteiger partial charge in [-0.2, -0.15) is 13.2 Å². The Hall–Kier alpha value is -2.29. The molecule has 30 heavy (non-hydrogen) atoms. The number of anilines is 1. The molecule has 0 atom stereocenters. The van der Waals surface area contributed by atoms with Gasteiger partial charge in [-0.15, -0.1) is 11.3 Å². The summed E-state index contributed by atoms with van der Waals surface area (Å²) in [5, 5.41) is 3.74. The van der Waals surface area contributed by atoms with Gasteiger partial charge >= 0.3 is 6.18 Å². The molecule has 2 aromatic carbocycles. The van der Waals surface area contributed by atoms with Gasteiger partial charge in [0.05, 0.1) is 11.3 Å². The molecule has 3 aromatic rings. The number of aryl methyl sites for hydroxylation is 1. The molecule has 0 aliphatic carbocycles. The van der Waals surface area contributed by atoms with Crippen LogP contribution < -0.4 is 10.1 Å². The Balaban J connectivity index is 1.65. The standard InChI is InChI=1S/C20H15Cl2F3N2O2S/c1-11-17(9-12-8-13(20(23,24)25)2-7-16(12)22)30-19(26-11)27-18(28)10-29-15-5-3-14(21)4-6-15/h2-8H,9-10H2,1H3,(H,26,27,28). The molecule has 1 aromatic heterocycles. The molecule has 1 amide bonds. The largest absolute Gasteiger partial charge is 0.484 e. The summed E-state index contributed by atoms with van der Waals surface area (Å²) in [7, 11) is 0. The lowest BCUT2D eigenvalue weighted by Crippen LogP contribution is -2.20. The maximum Gasteiger partial charge on any atom is 0.416 e. The number of halogens is 5. The number of alkyl halides is 3. The predicted molar refractivity (Wildman–Crippen MR) is 112 cm³/mol. The van der Waals surface area contributed by atoms with Crippen molar-refractivity contribution >= 4 is 45.6 Å². The summed E-state index contributed by atoms with van der Waals surface area (Å²) < 4.78 is 44.3. The van der Waals surface area contributed by atoms with E-state index in [9.17, 15) is 18.0 Å². The first-order valence-electron chi connectivity index (χ1n) is 8.62. The van der Waals surface area contributed by atoms with Crippen molar-refractivity contribution in [3.8, 4) is 5.75 Å². The first kappa shape index (κ1) is 22.4. The van der Waals surface area contributed by atoms with E-state index in [0.29, 0.717) is 32.0 Å². The molecule has 0 radical (unpaired) electrons. The number of nitrogens with zero attached hydrogens (tertiary/aromatic N) is 1. The Morgan fingerprint density at radius 3 is 2.53 bits per heavy atom. The molecule has 0 unspecified atom stereocenters. The van der Waals surface area contributed by atoms with Crippen LogP contribution in [-0.2, 0) is 17.4 Å². The number of thiazole rings is 1. The maximum atomic E-state index is 13.0. The third kappa shape index (κ3) is 5.87. The minimum absolute atomic E-state index is 0.170. The highest BCUT2D eigenvalue weighted by Crippen LogP contribution is 2.34. The van der Waals surface area contributed by atoms with Gasteiger partial charge in [0, 0.05) is 21.3 Å². The number of amides is 1. The van der Waals surface area contributed by atoms with Crippen LogP contribution in [0.4, 0.5) is 18.3 Å². The molecule has 4 nitrogen and oxygen atoms in total. The Morgan fingerprint density at radius 1 is 1.17 bits per heavy atom. The van der Waals surface area contributed by atoms with Crippen molar-refractivity contribution in [2.45, 2.75) is 19.5 Å². The number of rotatable bonds is 6. The fourth-order valence-corrected chi connectivity index (χ4v) is 3.85. The average Bonchev–Trinajstić information content (AvgIpc) is 3.01. The minimum atomic E-state index is -4.45. The molecule has 0 bridgehead atoms. The van der Waals surface area contributed by atoms with Gasteiger partial charge < -0.3 is 4.74 Å². The van der Waals surface area contributed by atoms with Crippen LogP contribution in [0.2, 0.25) is 10.0 Å². The van der Waals surface area contributed by atoms with Crippen molar-refractivity contribution in [1.82, 2.24) is 4.98 Å². The second-order valence-corrected chi connectivity index (χ2v) is 8.23. The Morgan fingerprint density at radius 2 is 1.87 bits per heavy atom. The zero-order valence-corrected chi connectivity index (χ0v) is 17.8. The highest BCUT2D eigenvalue weighted by Gasteiger charge is 2.31. The van der Waals surface area contributed by atoms with Gasteiger partial charge in [-0.1, -0.05) is 23.2 Å². The highest BCUT2D eigenvalue weighted by atomic mass is 35.5. The number of hydrogen-bond donors (Lipinski definition) is 1. The molecular formula is C20H15Cl2F3N2O2S. The van der Waals surface area contributed by atoms with Gasteiger partial charge in [-0.3, -0.25) is 10.1 Å². The first-order chi connectivity index (χ1) is 14.1. The van der Waals surface area contributed by atoms with E-state index in [1.54, 1.807) is 31.2 Å². The lowest BCUT2D eigenvalue weighted by Gasteiger charge is -2.10. The van der Waals surface area contributed by atoms with Gasteiger partial charge in [-0.25, -0.2) is 4.98 Å². The van der Waals surface area contributed by atoms with Crippen molar-refractivity contribution in [2.24, 2.45) is 0 Å². The zero-order valence-electron chi connectivity index (χ0n) is 15.5. The summed E-state index contributed by atoms with van der Waals surface area (Å²) in [5.74, 6) is 0.0760. The van der Waals surface area contributed by atoms with E-state index in [1.807, 2.05) is 0 Å². The zero-order chi connectivity index (χ0) is 21.9. The van der Waals surface area contributed by atoms with Crippen LogP contribution in [0.5, 0.6) is 5.75 Å². The van der Waals surface area contributed by atoms with E-state index >= 15 is 0 Å². The van der Waals surface area contributed by atoms with E-state index < -0.39 is 17.6 Å². The number of hydrogen-bond acceptors (Lipinski definition) is 4. The summed E-state index contributed by atoms with van der Waals surface area (Å²) >= 11 is 13.0. The van der Waals surface area contributed by atoms with Crippen LogP contribution in [0.1, 0.15) is 21.7 Å². The summed E-state index contributed by atoms with van der Waals surface area (Å²) in [5.41, 5.74) is 0.168. The van der Waals surface area contributed by atoms with Gasteiger partial charge in [0.25, 0.3) is 5.91 Å². The SMILES string of the molecule is Cc1nc(NC(=O)COc2ccc(Cl)cc2)sc1Cc1cc(C(F)(F)F)ccc1Cl. The highest BCUT2D eigenvalue weighted by molar-refractivity contribution is 7.15. The second kappa shape index (κ2) is 9.24. The third-order valence-corrected chi connectivity index (χ3v) is 5.74. The van der Waals surface area contributed by atoms with E-state index in [-0.39, 0.29) is 18.1 Å². The van der Waals surface area contributed by atoms with Crippen LogP contribution in [0.3, 0.4) is 0 Å². The molecule has 0 aliphatic heterocycles. The predicted octanol–water partition coefficient (Wildman–Crippen LogP) is 6.39. The van der Waals surface area contributed by atoms with Crippen LogP contribution in [0.15, 0.2) is 42.5 Å². The van der Waals surface area contributed by atoms with Gasteiger partial charge in [0.15, 0.2) is 11.7 Å². The van der Waals surface area contributed by atoms with Gasteiger partial charge in [-0.05, 0) is 55.0 Å². The number of nitrogens with one attached hydrogen (secondary N) is 1. The van der Waals surface area contributed by atoms with Crippen LogP contribution >= 0.6 is 34.5 Å². The number of benzene rings is 2. The molecule has 1 heterocycles. The minimum Gasteiger partial charge on any atom is -0.484 e. The topological polar surface area (TPSA) is 51.2 Å². The van der Waals surface area contributed by atoms with Crippen LogP contribution in [-0.4, -0.2) is 17.5 Å². The number of aromatic nitrogens is 1. The van der Waals surface area contributed by atoms with E-state index in [2.05, 4.69) is 10.3 Å². The third-order valence-electron chi connectivity index (χ3n) is 4.05. The van der Waals surface area contributed by atoms with Crippen molar-refractivity contribution < 1.29 is 22.7 Å². The van der Waals surface area contributed by atoms with Crippen molar-refractivity contribution in [3.05, 3.63) is 74.2 Å². The van der Waals surface area contributed by atoms with Crippen molar-refractivity contribution in [1.29, 1.82) is 0 Å². The summed E-state index contributed by atoms with van der Waals surface area (Å²) in [6.45, 7) is 1.49. The fraction of sp³-hybridized carbons (Fsp3) is 0.200. The number of ether oxygens (including phenoxy) is 1. The summed E-state index contributed by atoms with van der Waals surface area (Å²) in [6.07, 6.45) is -4.28. The Bertz CT molecular complexity index is 1050. The maximum absolute atomic E-state index is 13.0. The summed E-state index contributed by atoms with van der Waals surface area (Å²) in [4.78, 5) is 17.1. The normalized spacial score (nSPS) is 11.4. The average molecular weight is 475 g/mol. The lowest BCUT2D eigenvalue weighted by molar-refractivity contribution is -0.137. The van der Waals surface area contributed by atoms with Crippen LogP contribution in [0.25, 0.3) is 0 Å². The van der Waals surface area contributed by atoms with Crippen molar-refractivity contribution in [2.75, 3.05) is 11.9 Å². The molecule has 3 rings (SSSR count). The molecule has 0 saturated heterocycles. The van der Waals surface area contributed by atoms with E-state index in [4.69, 9.17) is 27.9 Å². The molecule has 0 saturated carbocycles. The molecule has 0 spiro atoms. The molecule has 1 N–H and O–H groups in total. The summed E-state index contributed by atoms with van der Waals surface area (Å²) in [6, 6.07) is 9.76. The molecule has 0 aliphatic rings. The van der Waals surface area contributed by atoms with Crippen molar-refractivity contribution in [3.63, 3.8) is 0 Å². The van der Waals surface area contributed by atoms with E-state index in [1.165, 1.54) is 17.4 Å². The molecule has 158 valence electrons. The Labute approximate surface area is 184 Å². The quantitative estimate of drug-likeness (QED) is 0.450. The number of carbonyl (C=O) groups excluding carboxylic acids is 1. The smallest absolute Gasteiger partial charge is 0.416 e. The molecule has 10 heteroatoms. The van der Waals surface area contributed by atoms with Gasteiger partial charge in [0.1, 0.15) is 5.75 Å². The van der Waals surface area contributed by atoms with Crippen LogP contribution in [0, 0.1) is 6.92 Å².